The summed E-state index contributed by atoms with van der Waals surface area (Å²) in [7, 11) is 0. The topological polar surface area (TPSA) is 76.7 Å². The average molecular weight is 272 g/mol. The minimum absolute atomic E-state index is 0.241. The molecule has 110 valence electrons. The van der Waals surface area contributed by atoms with E-state index < -0.39 is 11.7 Å². The van der Waals surface area contributed by atoms with E-state index in [9.17, 15) is 9.59 Å². The summed E-state index contributed by atoms with van der Waals surface area (Å²) in [4.78, 5) is 23.6. The number of nitrogens with one attached hydrogen (secondary N) is 2. The van der Waals surface area contributed by atoms with Crippen LogP contribution in [0.5, 0.6) is 0 Å². The maximum absolute atomic E-state index is 11.8. The molecule has 2 N–H and O–H groups in total. The summed E-state index contributed by atoms with van der Waals surface area (Å²) >= 11 is 0. The highest BCUT2D eigenvalue weighted by molar-refractivity contribution is 5.75. The fourth-order valence-corrected chi connectivity index (χ4v) is 1.99. The standard InChI is InChI=1S/C13H24N2O4/c1-5-18-11(16)9-8-14-7-6-10(9)15-12(17)19-13(2,3)4/h9-10,14H,5-8H2,1-4H3,(H,15,17). The number of esters is 1. The van der Waals surface area contributed by atoms with Gasteiger partial charge in [0.2, 0.25) is 0 Å². The van der Waals surface area contributed by atoms with Crippen LogP contribution in [0.3, 0.4) is 0 Å². The summed E-state index contributed by atoms with van der Waals surface area (Å²) in [6.45, 7) is 8.79. The maximum atomic E-state index is 11.8. The molecule has 1 fully saturated rings. The summed E-state index contributed by atoms with van der Waals surface area (Å²) < 4.78 is 10.2. The van der Waals surface area contributed by atoms with E-state index in [1.54, 1.807) is 27.7 Å². The first-order valence-electron chi connectivity index (χ1n) is 6.70. The monoisotopic (exact) mass is 272 g/mol. The Balaban J connectivity index is 2.57. The van der Waals surface area contributed by atoms with Gasteiger partial charge in [0, 0.05) is 12.6 Å². The first-order valence-corrected chi connectivity index (χ1v) is 6.70. The fraction of sp³-hybridized carbons (Fsp3) is 0.846. The van der Waals surface area contributed by atoms with E-state index in [2.05, 4.69) is 10.6 Å². The fourth-order valence-electron chi connectivity index (χ4n) is 1.99. The lowest BCUT2D eigenvalue weighted by Gasteiger charge is -2.31. The smallest absolute Gasteiger partial charge is 0.407 e. The number of ether oxygens (including phenoxy) is 2. The van der Waals surface area contributed by atoms with Crippen molar-refractivity contribution in [3.8, 4) is 0 Å². The maximum Gasteiger partial charge on any atom is 0.407 e. The normalized spacial score (nSPS) is 23.6. The van der Waals surface area contributed by atoms with Gasteiger partial charge in [-0.25, -0.2) is 4.79 Å². The van der Waals surface area contributed by atoms with Gasteiger partial charge in [0.05, 0.1) is 12.5 Å². The molecule has 0 spiro atoms. The molecule has 1 rings (SSSR count). The lowest BCUT2D eigenvalue weighted by Crippen LogP contribution is -2.53. The van der Waals surface area contributed by atoms with Crippen molar-refractivity contribution in [1.82, 2.24) is 10.6 Å². The molecular formula is C13H24N2O4. The predicted molar refractivity (Wildman–Crippen MR) is 70.8 cm³/mol. The largest absolute Gasteiger partial charge is 0.466 e. The van der Waals surface area contributed by atoms with Gasteiger partial charge in [0.25, 0.3) is 0 Å². The lowest BCUT2D eigenvalue weighted by molar-refractivity contribution is -0.149. The highest BCUT2D eigenvalue weighted by Gasteiger charge is 2.34. The molecule has 1 heterocycles. The molecule has 2 unspecified atom stereocenters. The van der Waals surface area contributed by atoms with Gasteiger partial charge in [-0.1, -0.05) is 0 Å². The van der Waals surface area contributed by atoms with Crippen molar-refractivity contribution < 1.29 is 19.1 Å². The van der Waals surface area contributed by atoms with Crippen molar-refractivity contribution in [3.05, 3.63) is 0 Å². The predicted octanol–water partition coefficient (Wildman–Crippen LogP) is 1.05. The van der Waals surface area contributed by atoms with Crippen LogP contribution in [0.4, 0.5) is 4.79 Å². The Labute approximate surface area is 114 Å². The molecule has 0 aromatic heterocycles. The van der Waals surface area contributed by atoms with Crippen LogP contribution in [-0.4, -0.2) is 43.4 Å². The van der Waals surface area contributed by atoms with Crippen LogP contribution in [0.1, 0.15) is 34.1 Å². The number of carbonyl (C=O) groups is 2. The second-order valence-corrected chi connectivity index (χ2v) is 5.60. The van der Waals surface area contributed by atoms with Gasteiger partial charge >= 0.3 is 12.1 Å². The zero-order valence-electron chi connectivity index (χ0n) is 12.1. The summed E-state index contributed by atoms with van der Waals surface area (Å²) in [6.07, 6.45) is 0.191. The molecule has 1 saturated heterocycles. The summed E-state index contributed by atoms with van der Waals surface area (Å²) in [5.41, 5.74) is -0.545. The van der Waals surface area contributed by atoms with Crippen molar-refractivity contribution in [2.45, 2.75) is 45.8 Å². The summed E-state index contributed by atoms with van der Waals surface area (Å²) in [5, 5.41) is 5.90. The Morgan fingerprint density at radius 3 is 2.63 bits per heavy atom. The lowest BCUT2D eigenvalue weighted by atomic mass is 9.93. The molecule has 1 aliphatic rings. The van der Waals surface area contributed by atoms with Crippen LogP contribution in [0.15, 0.2) is 0 Å². The summed E-state index contributed by atoms with van der Waals surface area (Å²) in [6, 6.07) is -0.241. The molecule has 1 amide bonds. The van der Waals surface area contributed by atoms with Gasteiger partial charge in [0.15, 0.2) is 0 Å². The number of alkyl carbamates (subject to hydrolysis) is 1. The molecule has 0 aliphatic carbocycles. The van der Waals surface area contributed by atoms with Crippen molar-refractivity contribution in [3.63, 3.8) is 0 Å². The molecule has 6 nitrogen and oxygen atoms in total. The average Bonchev–Trinajstić information content (AvgIpc) is 2.27. The zero-order valence-corrected chi connectivity index (χ0v) is 12.1. The molecule has 0 aromatic rings. The number of amides is 1. The number of hydrogen-bond acceptors (Lipinski definition) is 5. The Bertz CT molecular complexity index is 325. The third-order valence-electron chi connectivity index (χ3n) is 2.77. The van der Waals surface area contributed by atoms with E-state index in [1.165, 1.54) is 0 Å². The Morgan fingerprint density at radius 2 is 2.05 bits per heavy atom. The second-order valence-electron chi connectivity index (χ2n) is 5.60. The molecule has 0 aromatic carbocycles. The molecular weight excluding hydrogens is 248 g/mol. The van der Waals surface area contributed by atoms with E-state index in [0.29, 0.717) is 19.6 Å². The van der Waals surface area contributed by atoms with E-state index in [0.717, 1.165) is 6.54 Å². The molecule has 0 bridgehead atoms. The highest BCUT2D eigenvalue weighted by atomic mass is 16.6. The molecule has 2 atom stereocenters. The number of rotatable bonds is 3. The second kappa shape index (κ2) is 6.75. The first kappa shape index (κ1) is 15.8. The molecule has 0 saturated carbocycles. The third kappa shape index (κ3) is 5.46. The zero-order chi connectivity index (χ0) is 14.5. The van der Waals surface area contributed by atoms with E-state index in [1.807, 2.05) is 0 Å². The van der Waals surface area contributed by atoms with Crippen molar-refractivity contribution >= 4 is 12.1 Å². The number of piperidine rings is 1. The van der Waals surface area contributed by atoms with Crippen LogP contribution in [0, 0.1) is 5.92 Å². The van der Waals surface area contributed by atoms with Crippen LogP contribution in [0.25, 0.3) is 0 Å². The van der Waals surface area contributed by atoms with Crippen LogP contribution < -0.4 is 10.6 Å². The minimum Gasteiger partial charge on any atom is -0.466 e. The van der Waals surface area contributed by atoms with Crippen LogP contribution in [-0.2, 0) is 14.3 Å². The molecule has 0 radical (unpaired) electrons. The quantitative estimate of drug-likeness (QED) is 0.751. The SMILES string of the molecule is CCOC(=O)C1CNCCC1NC(=O)OC(C)(C)C. The minimum atomic E-state index is -0.545. The van der Waals surface area contributed by atoms with Crippen molar-refractivity contribution in [2.24, 2.45) is 5.92 Å². The van der Waals surface area contributed by atoms with Gasteiger partial charge in [-0.05, 0) is 40.7 Å². The van der Waals surface area contributed by atoms with Gasteiger partial charge in [-0.15, -0.1) is 0 Å². The van der Waals surface area contributed by atoms with E-state index >= 15 is 0 Å². The van der Waals surface area contributed by atoms with Gasteiger partial charge in [-0.3, -0.25) is 4.79 Å². The number of carbonyl (C=O) groups excluding carboxylic acids is 2. The van der Waals surface area contributed by atoms with Gasteiger partial charge < -0.3 is 20.1 Å². The molecule has 6 heteroatoms. The van der Waals surface area contributed by atoms with E-state index in [-0.39, 0.29) is 17.9 Å². The molecule has 1 aliphatic heterocycles. The van der Waals surface area contributed by atoms with Gasteiger partial charge in [-0.2, -0.15) is 0 Å². The molecule has 19 heavy (non-hydrogen) atoms. The number of hydrogen-bond donors (Lipinski definition) is 2. The Kier molecular flexibility index (Phi) is 5.60. The van der Waals surface area contributed by atoms with Crippen LogP contribution in [0.2, 0.25) is 0 Å². The third-order valence-corrected chi connectivity index (χ3v) is 2.77. The van der Waals surface area contributed by atoms with E-state index in [4.69, 9.17) is 9.47 Å². The first-order chi connectivity index (χ1) is 8.83. The van der Waals surface area contributed by atoms with Crippen molar-refractivity contribution in [1.29, 1.82) is 0 Å². The Hall–Kier alpha value is -1.30. The highest BCUT2D eigenvalue weighted by Crippen LogP contribution is 2.15. The summed E-state index contributed by atoms with van der Waals surface area (Å²) in [5.74, 6) is -0.642. The van der Waals surface area contributed by atoms with Crippen LogP contribution >= 0.6 is 0 Å². The Morgan fingerprint density at radius 1 is 1.37 bits per heavy atom. The van der Waals surface area contributed by atoms with Crippen molar-refractivity contribution in [2.75, 3.05) is 19.7 Å². The van der Waals surface area contributed by atoms with Gasteiger partial charge in [0.1, 0.15) is 5.60 Å².